The van der Waals surface area contributed by atoms with Crippen LogP contribution in [-0.4, -0.2) is 4.98 Å². The Hall–Kier alpha value is -1.29. The molecule has 1 heterocycles. The average Bonchev–Trinajstić information content (AvgIpc) is 2.35. The van der Waals surface area contributed by atoms with Crippen molar-refractivity contribution in [2.24, 2.45) is 5.73 Å². The van der Waals surface area contributed by atoms with Gasteiger partial charge in [-0.25, -0.2) is 4.98 Å². The average molecular weight is 297 g/mol. The summed E-state index contributed by atoms with van der Waals surface area (Å²) in [4.78, 5) is 4.09. The largest absolute Gasteiger partial charge is 0.437 e. The number of pyridine rings is 1. The Morgan fingerprint density at radius 1 is 1.16 bits per heavy atom. The van der Waals surface area contributed by atoms with Crippen LogP contribution >= 0.6 is 23.2 Å². The van der Waals surface area contributed by atoms with E-state index in [1.165, 1.54) is 6.20 Å². The van der Waals surface area contributed by atoms with Crippen molar-refractivity contribution in [3.8, 4) is 11.6 Å². The minimum Gasteiger partial charge on any atom is -0.437 e. The normalized spacial score (nSPS) is 10.6. The molecule has 100 valence electrons. The monoisotopic (exact) mass is 296 g/mol. The topological polar surface area (TPSA) is 48.1 Å². The zero-order chi connectivity index (χ0) is 14.0. The van der Waals surface area contributed by atoms with E-state index in [0.29, 0.717) is 22.5 Å². The highest BCUT2D eigenvalue weighted by Crippen LogP contribution is 2.33. The predicted molar refractivity (Wildman–Crippen MR) is 78.1 cm³/mol. The highest BCUT2D eigenvalue weighted by molar-refractivity contribution is 6.35. The van der Waals surface area contributed by atoms with Gasteiger partial charge in [-0.05, 0) is 36.6 Å². The highest BCUT2D eigenvalue weighted by atomic mass is 35.5. The van der Waals surface area contributed by atoms with Crippen LogP contribution in [0.2, 0.25) is 10.0 Å². The van der Waals surface area contributed by atoms with Crippen molar-refractivity contribution < 1.29 is 4.74 Å². The maximum Gasteiger partial charge on any atom is 0.238 e. The molecular formula is C14H14Cl2N2O. The van der Waals surface area contributed by atoms with Gasteiger partial charge in [0.15, 0.2) is 0 Å². The Kier molecular flexibility index (Phi) is 4.30. The third-order valence-corrected chi connectivity index (χ3v) is 3.21. The number of aromatic nitrogens is 1. The summed E-state index contributed by atoms with van der Waals surface area (Å²) in [6.07, 6.45) is 1.50. The van der Waals surface area contributed by atoms with Crippen molar-refractivity contribution in [2.45, 2.75) is 20.4 Å². The minimum atomic E-state index is 0.345. The van der Waals surface area contributed by atoms with Crippen molar-refractivity contribution in [1.29, 1.82) is 0 Å². The second-order valence-electron chi connectivity index (χ2n) is 4.31. The summed E-state index contributed by atoms with van der Waals surface area (Å²) < 4.78 is 5.78. The Morgan fingerprint density at radius 3 is 2.32 bits per heavy atom. The van der Waals surface area contributed by atoms with E-state index in [1.54, 1.807) is 6.07 Å². The van der Waals surface area contributed by atoms with Gasteiger partial charge in [-0.15, -0.1) is 0 Å². The molecule has 0 atom stereocenters. The summed E-state index contributed by atoms with van der Waals surface area (Å²) in [7, 11) is 0. The van der Waals surface area contributed by atoms with E-state index >= 15 is 0 Å². The van der Waals surface area contributed by atoms with E-state index in [1.807, 2.05) is 26.0 Å². The van der Waals surface area contributed by atoms with Gasteiger partial charge >= 0.3 is 0 Å². The lowest BCUT2D eigenvalue weighted by Crippen LogP contribution is -2.00. The molecule has 0 spiro atoms. The van der Waals surface area contributed by atoms with Crippen LogP contribution in [0.25, 0.3) is 0 Å². The van der Waals surface area contributed by atoms with E-state index in [-0.39, 0.29) is 0 Å². The first-order valence-corrected chi connectivity index (χ1v) is 6.56. The van der Waals surface area contributed by atoms with Crippen LogP contribution in [0.3, 0.4) is 0 Å². The molecule has 0 bridgehead atoms. The summed E-state index contributed by atoms with van der Waals surface area (Å²) in [5.74, 6) is 1.09. The van der Waals surface area contributed by atoms with Gasteiger partial charge < -0.3 is 10.5 Å². The number of halogens is 2. The van der Waals surface area contributed by atoms with Crippen LogP contribution < -0.4 is 10.5 Å². The number of hydrogen-bond donors (Lipinski definition) is 1. The van der Waals surface area contributed by atoms with Gasteiger partial charge in [0.05, 0.1) is 5.02 Å². The summed E-state index contributed by atoms with van der Waals surface area (Å²) in [6, 6.07) is 5.59. The van der Waals surface area contributed by atoms with Crippen LogP contribution in [0.1, 0.15) is 16.7 Å². The first-order chi connectivity index (χ1) is 9.01. The predicted octanol–water partition coefficient (Wildman–Crippen LogP) is 4.26. The smallest absolute Gasteiger partial charge is 0.238 e. The first-order valence-electron chi connectivity index (χ1n) is 5.80. The third-order valence-electron chi connectivity index (χ3n) is 2.73. The molecule has 0 fully saturated rings. The highest BCUT2D eigenvalue weighted by Gasteiger charge is 2.11. The van der Waals surface area contributed by atoms with Gasteiger partial charge in [0.2, 0.25) is 5.88 Å². The molecule has 2 N–H and O–H groups in total. The fourth-order valence-electron chi connectivity index (χ4n) is 1.89. The van der Waals surface area contributed by atoms with Gasteiger partial charge in [-0.3, -0.25) is 0 Å². The fraction of sp³-hybridized carbons (Fsp3) is 0.214. The molecule has 19 heavy (non-hydrogen) atoms. The standard InChI is InChI=1S/C14H14Cl2N2O/c1-8-3-10(6-17)4-9(2)13(8)19-14-12(16)5-11(15)7-18-14/h3-5,7H,6,17H2,1-2H3. The Bertz CT molecular complexity index is 591. The van der Waals surface area contributed by atoms with Crippen molar-refractivity contribution in [2.75, 3.05) is 0 Å². The number of aryl methyl sites for hydroxylation is 2. The SMILES string of the molecule is Cc1cc(CN)cc(C)c1Oc1ncc(Cl)cc1Cl. The molecule has 0 aliphatic rings. The van der Waals surface area contributed by atoms with E-state index < -0.39 is 0 Å². The summed E-state index contributed by atoms with van der Waals surface area (Å²) in [5, 5.41) is 0.860. The molecule has 0 saturated carbocycles. The molecule has 1 aromatic heterocycles. The molecule has 0 aliphatic carbocycles. The van der Waals surface area contributed by atoms with Gasteiger partial charge in [0.25, 0.3) is 0 Å². The first kappa shape index (κ1) is 14.1. The van der Waals surface area contributed by atoms with Gasteiger partial charge in [-0.2, -0.15) is 0 Å². The quantitative estimate of drug-likeness (QED) is 0.921. The van der Waals surface area contributed by atoms with Gasteiger partial charge in [0, 0.05) is 12.7 Å². The molecule has 0 aliphatic heterocycles. The summed E-state index contributed by atoms with van der Waals surface area (Å²) >= 11 is 11.9. The Morgan fingerprint density at radius 2 is 1.79 bits per heavy atom. The van der Waals surface area contributed by atoms with E-state index in [2.05, 4.69) is 4.98 Å². The van der Waals surface area contributed by atoms with Gasteiger partial charge in [-0.1, -0.05) is 35.3 Å². The zero-order valence-corrected chi connectivity index (χ0v) is 12.2. The number of hydrogen-bond acceptors (Lipinski definition) is 3. The van der Waals surface area contributed by atoms with Crippen LogP contribution in [0.15, 0.2) is 24.4 Å². The molecule has 3 nitrogen and oxygen atoms in total. The second-order valence-corrected chi connectivity index (χ2v) is 5.15. The van der Waals surface area contributed by atoms with Crippen LogP contribution in [0, 0.1) is 13.8 Å². The molecule has 1 aromatic carbocycles. The Balaban J connectivity index is 2.38. The zero-order valence-electron chi connectivity index (χ0n) is 10.7. The van der Waals surface area contributed by atoms with Crippen LogP contribution in [0.5, 0.6) is 11.6 Å². The lowest BCUT2D eigenvalue weighted by atomic mass is 10.1. The molecule has 0 radical (unpaired) electrons. The third kappa shape index (κ3) is 3.18. The lowest BCUT2D eigenvalue weighted by Gasteiger charge is -2.13. The van der Waals surface area contributed by atoms with E-state index in [9.17, 15) is 0 Å². The molecule has 0 amide bonds. The molecule has 0 saturated heterocycles. The second kappa shape index (κ2) is 5.78. The number of nitrogens with zero attached hydrogens (tertiary/aromatic N) is 1. The molecule has 2 aromatic rings. The van der Waals surface area contributed by atoms with E-state index in [4.69, 9.17) is 33.7 Å². The maximum atomic E-state index is 6.05. The van der Waals surface area contributed by atoms with Crippen LogP contribution in [0.4, 0.5) is 0 Å². The van der Waals surface area contributed by atoms with E-state index in [0.717, 1.165) is 22.4 Å². The summed E-state index contributed by atoms with van der Waals surface area (Å²) in [6.45, 7) is 4.43. The van der Waals surface area contributed by atoms with Crippen molar-refractivity contribution in [3.63, 3.8) is 0 Å². The molecular weight excluding hydrogens is 283 g/mol. The minimum absolute atomic E-state index is 0.345. The number of rotatable bonds is 3. The lowest BCUT2D eigenvalue weighted by molar-refractivity contribution is 0.456. The van der Waals surface area contributed by atoms with Gasteiger partial charge in [0.1, 0.15) is 10.8 Å². The Labute approximate surface area is 122 Å². The van der Waals surface area contributed by atoms with Crippen molar-refractivity contribution in [3.05, 3.63) is 51.1 Å². The fourth-order valence-corrected chi connectivity index (χ4v) is 2.31. The van der Waals surface area contributed by atoms with Crippen molar-refractivity contribution in [1.82, 2.24) is 4.98 Å². The molecule has 5 heteroatoms. The van der Waals surface area contributed by atoms with Crippen LogP contribution in [-0.2, 0) is 6.54 Å². The molecule has 2 rings (SSSR count). The number of nitrogens with two attached hydrogens (primary N) is 1. The maximum absolute atomic E-state index is 6.05. The van der Waals surface area contributed by atoms with Crippen molar-refractivity contribution >= 4 is 23.2 Å². The summed E-state index contributed by atoms with van der Waals surface area (Å²) in [5.41, 5.74) is 8.70. The molecule has 0 unspecified atom stereocenters. The number of ether oxygens (including phenoxy) is 1. The number of benzene rings is 1.